The van der Waals surface area contributed by atoms with E-state index in [0.29, 0.717) is 5.57 Å². The number of anilines is 1. The number of hydrogen-bond acceptors (Lipinski definition) is 2. The van der Waals surface area contributed by atoms with Crippen molar-refractivity contribution < 1.29 is 9.18 Å². The molecule has 1 heterocycles. The summed E-state index contributed by atoms with van der Waals surface area (Å²) < 4.78 is 13.4. The van der Waals surface area contributed by atoms with Gasteiger partial charge in [0.15, 0.2) is 0 Å². The van der Waals surface area contributed by atoms with Crippen molar-refractivity contribution in [2.24, 2.45) is 0 Å². The summed E-state index contributed by atoms with van der Waals surface area (Å²) in [4.78, 5) is 12.8. The second-order valence-corrected chi connectivity index (χ2v) is 4.76. The number of hydrogen-bond donors (Lipinski definition) is 1. The summed E-state index contributed by atoms with van der Waals surface area (Å²) in [5.74, 6) is -0.733. The van der Waals surface area contributed by atoms with Crippen molar-refractivity contribution >= 4 is 29.0 Å². The molecule has 0 unspecified atom stereocenters. The van der Waals surface area contributed by atoms with Gasteiger partial charge < -0.3 is 5.32 Å². The standard InChI is InChI=1S/C14H12FNOS/c1-10(9-11-5-4-8-18-11)14(17)16-13-7-3-2-6-12(13)15/h2-9H,1H3,(H,16,17)/b10-9+. The zero-order valence-corrected chi connectivity index (χ0v) is 10.6. The average Bonchev–Trinajstić information content (AvgIpc) is 2.84. The van der Waals surface area contributed by atoms with Gasteiger partial charge in [0.1, 0.15) is 5.82 Å². The summed E-state index contributed by atoms with van der Waals surface area (Å²) in [6.07, 6.45) is 1.78. The number of para-hydroxylation sites is 1. The highest BCUT2D eigenvalue weighted by Crippen LogP contribution is 2.16. The molecule has 0 aliphatic carbocycles. The topological polar surface area (TPSA) is 29.1 Å². The molecule has 1 aromatic carbocycles. The molecule has 0 saturated carbocycles. The number of benzene rings is 1. The van der Waals surface area contributed by atoms with Crippen LogP contribution in [0.1, 0.15) is 11.8 Å². The van der Waals surface area contributed by atoms with Gasteiger partial charge in [0, 0.05) is 10.5 Å². The average molecular weight is 261 g/mol. The van der Waals surface area contributed by atoms with Crippen molar-refractivity contribution in [3.8, 4) is 0 Å². The number of amides is 1. The van der Waals surface area contributed by atoms with Crippen LogP contribution in [0.25, 0.3) is 6.08 Å². The third-order valence-electron chi connectivity index (χ3n) is 2.38. The smallest absolute Gasteiger partial charge is 0.251 e. The van der Waals surface area contributed by atoms with Crippen LogP contribution < -0.4 is 5.32 Å². The predicted octanol–water partition coefficient (Wildman–Crippen LogP) is 3.93. The molecule has 0 aliphatic heterocycles. The largest absolute Gasteiger partial charge is 0.320 e. The monoisotopic (exact) mass is 261 g/mol. The molecule has 92 valence electrons. The summed E-state index contributed by atoms with van der Waals surface area (Å²) in [5.41, 5.74) is 0.738. The van der Waals surface area contributed by atoms with Gasteiger partial charge >= 0.3 is 0 Å². The molecule has 2 nitrogen and oxygen atoms in total. The summed E-state index contributed by atoms with van der Waals surface area (Å²) >= 11 is 1.55. The van der Waals surface area contributed by atoms with Gasteiger partial charge in [-0.1, -0.05) is 18.2 Å². The Morgan fingerprint density at radius 3 is 2.72 bits per heavy atom. The van der Waals surface area contributed by atoms with Crippen LogP contribution in [-0.4, -0.2) is 5.91 Å². The summed E-state index contributed by atoms with van der Waals surface area (Å²) in [5, 5.41) is 4.48. The second kappa shape index (κ2) is 5.60. The molecule has 2 rings (SSSR count). The van der Waals surface area contributed by atoms with E-state index in [4.69, 9.17) is 0 Å². The number of carbonyl (C=O) groups excluding carboxylic acids is 1. The van der Waals surface area contributed by atoms with Crippen LogP contribution in [0.3, 0.4) is 0 Å². The highest BCUT2D eigenvalue weighted by molar-refractivity contribution is 7.10. The highest BCUT2D eigenvalue weighted by atomic mass is 32.1. The van der Waals surface area contributed by atoms with Gasteiger partial charge in [-0.15, -0.1) is 11.3 Å². The Bertz CT molecular complexity index is 575. The molecule has 4 heteroatoms. The molecule has 1 amide bonds. The normalized spacial score (nSPS) is 11.3. The molecule has 0 radical (unpaired) electrons. The minimum absolute atomic E-state index is 0.196. The second-order valence-electron chi connectivity index (χ2n) is 3.78. The Kier molecular flexibility index (Phi) is 3.89. The van der Waals surface area contributed by atoms with E-state index in [0.717, 1.165) is 4.88 Å². The number of halogens is 1. The Labute approximate surface area is 109 Å². The van der Waals surface area contributed by atoms with Crippen molar-refractivity contribution in [2.45, 2.75) is 6.92 Å². The fourth-order valence-electron chi connectivity index (χ4n) is 1.44. The van der Waals surface area contributed by atoms with Gasteiger partial charge in [-0.3, -0.25) is 4.79 Å². The van der Waals surface area contributed by atoms with E-state index in [-0.39, 0.29) is 11.6 Å². The van der Waals surface area contributed by atoms with Crippen LogP contribution in [0.4, 0.5) is 10.1 Å². The molecule has 2 aromatic rings. The Morgan fingerprint density at radius 2 is 2.06 bits per heavy atom. The third kappa shape index (κ3) is 3.05. The zero-order chi connectivity index (χ0) is 13.0. The highest BCUT2D eigenvalue weighted by Gasteiger charge is 2.08. The van der Waals surface area contributed by atoms with Crippen LogP contribution in [0.15, 0.2) is 47.4 Å². The van der Waals surface area contributed by atoms with E-state index in [2.05, 4.69) is 5.32 Å². The molecule has 18 heavy (non-hydrogen) atoms. The van der Waals surface area contributed by atoms with E-state index in [1.807, 2.05) is 17.5 Å². The van der Waals surface area contributed by atoms with Crippen molar-refractivity contribution in [3.05, 3.63) is 58.0 Å². The number of rotatable bonds is 3. The minimum Gasteiger partial charge on any atom is -0.320 e. The molecule has 0 saturated heterocycles. The molecule has 0 bridgehead atoms. The first kappa shape index (κ1) is 12.5. The quantitative estimate of drug-likeness (QED) is 0.833. The van der Waals surface area contributed by atoms with Gasteiger partial charge in [-0.05, 0) is 36.6 Å². The van der Waals surface area contributed by atoms with Crippen LogP contribution in [-0.2, 0) is 4.79 Å². The van der Waals surface area contributed by atoms with Crippen molar-refractivity contribution in [1.82, 2.24) is 0 Å². The van der Waals surface area contributed by atoms with Crippen LogP contribution in [0, 0.1) is 5.82 Å². The Morgan fingerprint density at radius 1 is 1.28 bits per heavy atom. The molecule has 1 aromatic heterocycles. The van der Waals surface area contributed by atoms with Gasteiger partial charge in [-0.2, -0.15) is 0 Å². The van der Waals surface area contributed by atoms with Gasteiger partial charge in [0.25, 0.3) is 5.91 Å². The molecule has 0 spiro atoms. The maximum absolute atomic E-state index is 13.4. The maximum atomic E-state index is 13.4. The molecule has 0 aliphatic rings. The lowest BCUT2D eigenvalue weighted by atomic mass is 10.2. The van der Waals surface area contributed by atoms with Crippen molar-refractivity contribution in [2.75, 3.05) is 5.32 Å². The van der Waals surface area contributed by atoms with Crippen LogP contribution in [0.5, 0.6) is 0 Å². The van der Waals surface area contributed by atoms with Gasteiger partial charge in [0.05, 0.1) is 5.69 Å². The number of nitrogens with one attached hydrogen (secondary N) is 1. The van der Waals surface area contributed by atoms with Crippen molar-refractivity contribution in [3.63, 3.8) is 0 Å². The lowest BCUT2D eigenvalue weighted by Gasteiger charge is -2.05. The van der Waals surface area contributed by atoms with E-state index >= 15 is 0 Å². The summed E-state index contributed by atoms with van der Waals surface area (Å²) in [7, 11) is 0. The first-order valence-electron chi connectivity index (χ1n) is 5.44. The van der Waals surface area contributed by atoms with E-state index in [9.17, 15) is 9.18 Å². The molecular formula is C14H12FNOS. The number of carbonyl (C=O) groups is 1. The predicted molar refractivity (Wildman–Crippen MR) is 73.0 cm³/mol. The summed E-state index contributed by atoms with van der Waals surface area (Å²) in [6, 6.07) is 9.94. The van der Waals surface area contributed by atoms with E-state index in [1.165, 1.54) is 12.1 Å². The lowest BCUT2D eigenvalue weighted by molar-refractivity contribution is -0.112. The Balaban J connectivity index is 2.11. The summed E-state index contributed by atoms with van der Waals surface area (Å²) in [6.45, 7) is 1.70. The van der Waals surface area contributed by atoms with E-state index < -0.39 is 5.82 Å². The minimum atomic E-state index is -0.435. The fraction of sp³-hybridized carbons (Fsp3) is 0.0714. The van der Waals surface area contributed by atoms with Gasteiger partial charge in [-0.25, -0.2) is 4.39 Å². The SMILES string of the molecule is C/C(=C\c1cccs1)C(=O)Nc1ccccc1F. The molecular weight excluding hydrogens is 249 g/mol. The number of thiophene rings is 1. The first-order chi connectivity index (χ1) is 8.66. The van der Waals surface area contributed by atoms with Crippen LogP contribution in [0.2, 0.25) is 0 Å². The molecule has 1 N–H and O–H groups in total. The molecule has 0 fully saturated rings. The van der Waals surface area contributed by atoms with Crippen LogP contribution >= 0.6 is 11.3 Å². The van der Waals surface area contributed by atoms with E-state index in [1.54, 1.807) is 36.5 Å². The third-order valence-corrected chi connectivity index (χ3v) is 3.20. The maximum Gasteiger partial charge on any atom is 0.251 e. The first-order valence-corrected chi connectivity index (χ1v) is 6.32. The fourth-order valence-corrected chi connectivity index (χ4v) is 2.15. The molecule has 0 atom stereocenters. The lowest BCUT2D eigenvalue weighted by Crippen LogP contribution is -2.13. The van der Waals surface area contributed by atoms with Gasteiger partial charge in [0.2, 0.25) is 0 Å². The Hall–Kier alpha value is -1.94. The van der Waals surface area contributed by atoms with Crippen molar-refractivity contribution in [1.29, 1.82) is 0 Å². The zero-order valence-electron chi connectivity index (χ0n) is 9.81.